The van der Waals surface area contributed by atoms with E-state index in [2.05, 4.69) is 55.9 Å². The van der Waals surface area contributed by atoms with Crippen LogP contribution in [0.1, 0.15) is 29.2 Å². The van der Waals surface area contributed by atoms with Crippen LogP contribution >= 0.6 is 11.3 Å². The molecule has 0 aliphatic heterocycles. The van der Waals surface area contributed by atoms with E-state index in [9.17, 15) is 4.79 Å². The Kier molecular flexibility index (Phi) is 5.39. The van der Waals surface area contributed by atoms with Crippen LogP contribution in [-0.2, 0) is 24.2 Å². The van der Waals surface area contributed by atoms with Gasteiger partial charge in [-0.05, 0) is 48.6 Å². The van der Waals surface area contributed by atoms with Gasteiger partial charge in [0.15, 0.2) is 4.80 Å². The van der Waals surface area contributed by atoms with E-state index in [1.807, 2.05) is 16.7 Å². The molecule has 0 saturated heterocycles. The summed E-state index contributed by atoms with van der Waals surface area (Å²) in [7, 11) is 0. The third kappa shape index (κ3) is 3.79. The van der Waals surface area contributed by atoms with Crippen LogP contribution in [0.3, 0.4) is 0 Å². The molecule has 132 valence electrons. The fourth-order valence-electron chi connectivity index (χ4n) is 3.06. The Balaban J connectivity index is 1.99. The van der Waals surface area contributed by atoms with Crippen molar-refractivity contribution in [1.82, 2.24) is 4.57 Å². The standard InChI is InChI=1S/C22H22N2OS/c1-5-11-24-19-13-15(3)12-16(4)21(19)26-22(24)23-20(25)14-18-9-7-17(6-2)8-10-18/h1,7-10,12-13H,6,11,14H2,2-4H3. The van der Waals surface area contributed by atoms with Crippen molar-refractivity contribution in [2.24, 2.45) is 4.99 Å². The van der Waals surface area contributed by atoms with E-state index in [4.69, 9.17) is 6.42 Å². The second-order valence-electron chi connectivity index (χ2n) is 6.46. The van der Waals surface area contributed by atoms with E-state index in [0.717, 1.165) is 22.2 Å². The number of hydrogen-bond acceptors (Lipinski definition) is 2. The lowest BCUT2D eigenvalue weighted by Crippen LogP contribution is -2.17. The molecule has 1 amide bonds. The molecular weight excluding hydrogens is 340 g/mol. The molecular formula is C22H22N2OS. The highest BCUT2D eigenvalue weighted by Crippen LogP contribution is 2.23. The number of terminal acetylenes is 1. The summed E-state index contributed by atoms with van der Waals surface area (Å²) in [4.78, 5) is 17.5. The number of carbonyl (C=O) groups is 1. The maximum absolute atomic E-state index is 12.5. The molecule has 3 nitrogen and oxygen atoms in total. The highest BCUT2D eigenvalue weighted by Gasteiger charge is 2.10. The minimum Gasteiger partial charge on any atom is -0.305 e. The second-order valence-corrected chi connectivity index (χ2v) is 7.43. The van der Waals surface area contributed by atoms with Crippen molar-refractivity contribution in [2.75, 3.05) is 0 Å². The number of fused-ring (bicyclic) bond motifs is 1. The lowest BCUT2D eigenvalue weighted by Gasteiger charge is -2.03. The van der Waals surface area contributed by atoms with Crippen LogP contribution < -0.4 is 4.80 Å². The minimum absolute atomic E-state index is 0.152. The van der Waals surface area contributed by atoms with Crippen LogP contribution in [0.2, 0.25) is 0 Å². The number of benzene rings is 2. The summed E-state index contributed by atoms with van der Waals surface area (Å²) in [6.07, 6.45) is 6.83. The van der Waals surface area contributed by atoms with Gasteiger partial charge in [0.2, 0.25) is 0 Å². The van der Waals surface area contributed by atoms with E-state index < -0.39 is 0 Å². The molecule has 1 heterocycles. The van der Waals surface area contributed by atoms with E-state index in [-0.39, 0.29) is 5.91 Å². The van der Waals surface area contributed by atoms with Crippen molar-refractivity contribution in [3.8, 4) is 12.3 Å². The summed E-state index contributed by atoms with van der Waals surface area (Å²) in [5.41, 5.74) is 5.64. The van der Waals surface area contributed by atoms with Gasteiger partial charge in [-0.15, -0.1) is 6.42 Å². The molecule has 0 bridgehead atoms. The first-order chi connectivity index (χ1) is 12.5. The van der Waals surface area contributed by atoms with Gasteiger partial charge in [-0.3, -0.25) is 4.79 Å². The molecule has 0 aliphatic carbocycles. The highest BCUT2D eigenvalue weighted by atomic mass is 32.1. The molecule has 0 N–H and O–H groups in total. The van der Waals surface area contributed by atoms with Gasteiger partial charge < -0.3 is 4.57 Å². The molecule has 0 aliphatic rings. The van der Waals surface area contributed by atoms with Crippen molar-refractivity contribution in [1.29, 1.82) is 0 Å². The summed E-state index contributed by atoms with van der Waals surface area (Å²) in [5.74, 6) is 2.52. The molecule has 4 heteroatoms. The van der Waals surface area contributed by atoms with Crippen LogP contribution in [-0.4, -0.2) is 10.5 Å². The van der Waals surface area contributed by atoms with Crippen LogP contribution in [0.5, 0.6) is 0 Å². The highest BCUT2D eigenvalue weighted by molar-refractivity contribution is 7.16. The van der Waals surface area contributed by atoms with Gasteiger partial charge in [-0.25, -0.2) is 0 Å². The van der Waals surface area contributed by atoms with Crippen molar-refractivity contribution in [2.45, 2.75) is 40.2 Å². The number of aromatic nitrogens is 1. The van der Waals surface area contributed by atoms with E-state index >= 15 is 0 Å². The average Bonchev–Trinajstić information content (AvgIpc) is 2.94. The van der Waals surface area contributed by atoms with Gasteiger partial charge in [-0.1, -0.05) is 54.5 Å². The van der Waals surface area contributed by atoms with Crippen molar-refractivity contribution < 1.29 is 4.79 Å². The number of carbonyl (C=O) groups excluding carboxylic acids is 1. The third-order valence-electron chi connectivity index (χ3n) is 4.37. The number of aryl methyl sites for hydroxylation is 3. The van der Waals surface area contributed by atoms with Crippen molar-refractivity contribution >= 4 is 27.5 Å². The summed E-state index contributed by atoms with van der Waals surface area (Å²) < 4.78 is 3.09. The third-order valence-corrected chi connectivity index (χ3v) is 5.60. The van der Waals surface area contributed by atoms with Gasteiger partial charge in [0, 0.05) is 0 Å². The van der Waals surface area contributed by atoms with Crippen LogP contribution in [0.4, 0.5) is 0 Å². The maximum Gasteiger partial charge on any atom is 0.252 e. The Morgan fingerprint density at radius 2 is 1.88 bits per heavy atom. The molecule has 2 aromatic carbocycles. The number of thiazole rings is 1. The smallest absolute Gasteiger partial charge is 0.252 e. The first-order valence-corrected chi connectivity index (χ1v) is 9.53. The molecule has 1 aromatic heterocycles. The lowest BCUT2D eigenvalue weighted by molar-refractivity contribution is -0.117. The van der Waals surface area contributed by atoms with Gasteiger partial charge in [0.05, 0.1) is 23.2 Å². The number of amides is 1. The number of rotatable bonds is 4. The topological polar surface area (TPSA) is 34.4 Å². The first kappa shape index (κ1) is 18.2. The monoisotopic (exact) mass is 362 g/mol. The zero-order chi connectivity index (χ0) is 18.7. The zero-order valence-corrected chi connectivity index (χ0v) is 16.2. The van der Waals surface area contributed by atoms with Crippen LogP contribution in [0, 0.1) is 26.2 Å². The summed E-state index contributed by atoms with van der Waals surface area (Å²) in [5, 5.41) is 0. The Hall–Kier alpha value is -2.64. The van der Waals surface area contributed by atoms with Crippen LogP contribution in [0.15, 0.2) is 41.4 Å². The quantitative estimate of drug-likeness (QED) is 0.641. The summed E-state index contributed by atoms with van der Waals surface area (Å²) >= 11 is 1.52. The predicted octanol–water partition coefficient (Wildman–Crippen LogP) is 4.19. The molecule has 0 fully saturated rings. The van der Waals surface area contributed by atoms with Gasteiger partial charge in [-0.2, -0.15) is 4.99 Å². The van der Waals surface area contributed by atoms with E-state index in [1.54, 1.807) is 0 Å². The largest absolute Gasteiger partial charge is 0.305 e. The van der Waals surface area contributed by atoms with Gasteiger partial charge in [0.25, 0.3) is 5.91 Å². The molecule has 0 radical (unpaired) electrons. The number of nitrogens with zero attached hydrogens (tertiary/aromatic N) is 2. The summed E-state index contributed by atoms with van der Waals surface area (Å²) in [6, 6.07) is 12.4. The Morgan fingerprint density at radius 3 is 2.54 bits per heavy atom. The average molecular weight is 362 g/mol. The number of hydrogen-bond donors (Lipinski definition) is 0. The fraction of sp³-hybridized carbons (Fsp3) is 0.273. The van der Waals surface area contributed by atoms with Crippen molar-refractivity contribution in [3.63, 3.8) is 0 Å². The molecule has 0 saturated carbocycles. The maximum atomic E-state index is 12.5. The molecule has 3 rings (SSSR count). The van der Waals surface area contributed by atoms with Crippen molar-refractivity contribution in [3.05, 3.63) is 63.5 Å². The predicted molar refractivity (Wildman–Crippen MR) is 108 cm³/mol. The molecule has 26 heavy (non-hydrogen) atoms. The Labute approximate surface area is 158 Å². The Bertz CT molecular complexity index is 1060. The van der Waals surface area contributed by atoms with Crippen LogP contribution in [0.25, 0.3) is 10.2 Å². The molecule has 0 atom stereocenters. The molecule has 3 aromatic rings. The molecule has 0 spiro atoms. The fourth-order valence-corrected chi connectivity index (χ4v) is 4.15. The van der Waals surface area contributed by atoms with Gasteiger partial charge >= 0.3 is 0 Å². The minimum atomic E-state index is -0.152. The zero-order valence-electron chi connectivity index (χ0n) is 15.4. The lowest BCUT2D eigenvalue weighted by atomic mass is 10.1. The summed E-state index contributed by atoms with van der Waals surface area (Å²) in [6.45, 7) is 6.66. The normalized spacial score (nSPS) is 11.7. The SMILES string of the molecule is C#CCn1c(=NC(=O)Cc2ccc(CC)cc2)sc2c(C)cc(C)cc21. The van der Waals surface area contributed by atoms with Gasteiger partial charge in [0.1, 0.15) is 0 Å². The Morgan fingerprint density at radius 1 is 1.19 bits per heavy atom. The molecule has 0 unspecified atom stereocenters. The first-order valence-electron chi connectivity index (χ1n) is 8.71. The van der Waals surface area contributed by atoms with E-state index in [1.165, 1.54) is 28.0 Å². The second kappa shape index (κ2) is 7.72. The van der Waals surface area contributed by atoms with E-state index in [0.29, 0.717) is 17.8 Å².